The largest absolute Gasteiger partial charge is 0.432 e. The number of fused-ring (bicyclic) bond motifs is 2. The van der Waals surface area contributed by atoms with E-state index in [1.807, 2.05) is 44.3 Å². The fourth-order valence-corrected chi connectivity index (χ4v) is 8.74. The SMILES string of the molecule is C=CCN1C(=O)[C@@]2(O[C@@H](CC(=O)N3CCC[C@H]3CO)[C@H]([Si](C)(C)O)[C@H]2C)c2ccccc21. The molecule has 2 saturated heterocycles. The van der Waals surface area contributed by atoms with E-state index in [1.54, 1.807) is 15.9 Å². The summed E-state index contributed by atoms with van der Waals surface area (Å²) >= 11 is 0. The van der Waals surface area contributed by atoms with Crippen LogP contribution >= 0.6 is 0 Å². The number of para-hydroxylation sites is 1. The monoisotopic (exact) mass is 458 g/mol. The minimum absolute atomic E-state index is 0.0519. The number of carbonyl (C=O) groups excluding carboxylic acids is 2. The van der Waals surface area contributed by atoms with Crippen molar-refractivity contribution in [3.63, 3.8) is 0 Å². The Kier molecular flexibility index (Phi) is 6.09. The number of aliphatic hydroxyl groups excluding tert-OH is 1. The average Bonchev–Trinajstić information content (AvgIpc) is 3.39. The Morgan fingerprint density at radius 2 is 2.09 bits per heavy atom. The lowest BCUT2D eigenvalue weighted by Crippen LogP contribution is -2.46. The van der Waals surface area contributed by atoms with Crippen molar-refractivity contribution in [2.75, 3.05) is 24.6 Å². The lowest BCUT2D eigenvalue weighted by molar-refractivity contribution is -0.149. The molecule has 3 aliphatic rings. The van der Waals surface area contributed by atoms with E-state index in [9.17, 15) is 19.5 Å². The van der Waals surface area contributed by atoms with E-state index in [0.29, 0.717) is 13.1 Å². The molecule has 1 spiro atoms. The van der Waals surface area contributed by atoms with Gasteiger partial charge in [-0.1, -0.05) is 31.2 Å². The zero-order valence-electron chi connectivity index (χ0n) is 19.2. The lowest BCUT2D eigenvalue weighted by Gasteiger charge is -2.32. The highest BCUT2D eigenvalue weighted by Gasteiger charge is 2.66. The van der Waals surface area contributed by atoms with Gasteiger partial charge in [0.05, 0.1) is 30.9 Å². The number of hydrogen-bond donors (Lipinski definition) is 2. The van der Waals surface area contributed by atoms with Gasteiger partial charge in [0.1, 0.15) is 0 Å². The third-order valence-corrected chi connectivity index (χ3v) is 9.99. The second-order valence-electron chi connectivity index (χ2n) is 9.85. The first-order valence-electron chi connectivity index (χ1n) is 11.5. The maximum atomic E-state index is 13.8. The highest BCUT2D eigenvalue weighted by Crippen LogP contribution is 2.59. The number of nitrogens with zero attached hydrogens (tertiary/aromatic N) is 2. The number of hydrogen-bond acceptors (Lipinski definition) is 5. The molecule has 0 aliphatic carbocycles. The van der Waals surface area contributed by atoms with Gasteiger partial charge in [-0.3, -0.25) is 9.59 Å². The molecule has 4 rings (SSSR count). The van der Waals surface area contributed by atoms with Gasteiger partial charge in [-0.2, -0.15) is 0 Å². The summed E-state index contributed by atoms with van der Waals surface area (Å²) in [6, 6.07) is 7.46. The zero-order valence-corrected chi connectivity index (χ0v) is 20.2. The van der Waals surface area contributed by atoms with Crippen LogP contribution in [0.3, 0.4) is 0 Å². The van der Waals surface area contributed by atoms with Crippen LogP contribution in [0.1, 0.15) is 31.7 Å². The fraction of sp³-hybridized carbons (Fsp3) is 0.583. The van der Waals surface area contributed by atoms with Crippen molar-refractivity contribution < 1.29 is 24.2 Å². The summed E-state index contributed by atoms with van der Waals surface area (Å²) in [4.78, 5) is 41.7. The van der Waals surface area contributed by atoms with Gasteiger partial charge in [0.25, 0.3) is 5.91 Å². The molecule has 1 aromatic carbocycles. The maximum absolute atomic E-state index is 13.8. The molecule has 2 fully saturated rings. The van der Waals surface area contributed by atoms with Crippen molar-refractivity contribution in [3.8, 4) is 0 Å². The van der Waals surface area contributed by atoms with Gasteiger partial charge in [-0.25, -0.2) is 0 Å². The molecule has 3 aliphatic heterocycles. The Bertz CT molecular complexity index is 916. The molecule has 1 aromatic rings. The number of rotatable bonds is 6. The summed E-state index contributed by atoms with van der Waals surface area (Å²) in [7, 11) is -2.80. The van der Waals surface area contributed by atoms with E-state index in [4.69, 9.17) is 4.74 Å². The third-order valence-electron chi connectivity index (χ3n) is 7.49. The van der Waals surface area contributed by atoms with Crippen molar-refractivity contribution in [2.45, 2.75) is 62.6 Å². The Morgan fingerprint density at radius 3 is 2.75 bits per heavy atom. The van der Waals surface area contributed by atoms with Crippen LogP contribution < -0.4 is 4.90 Å². The molecular formula is C24H34N2O5Si. The van der Waals surface area contributed by atoms with Crippen molar-refractivity contribution in [1.29, 1.82) is 0 Å². The van der Waals surface area contributed by atoms with Crippen molar-refractivity contribution in [3.05, 3.63) is 42.5 Å². The van der Waals surface area contributed by atoms with Crippen LogP contribution in [0.4, 0.5) is 5.69 Å². The molecule has 0 saturated carbocycles. The third kappa shape index (κ3) is 3.44. The molecule has 5 atom stereocenters. The zero-order chi connectivity index (χ0) is 23.3. The van der Waals surface area contributed by atoms with Gasteiger partial charge < -0.3 is 24.4 Å². The number of likely N-dealkylation sites (tertiary alicyclic amines) is 1. The second kappa shape index (κ2) is 8.41. The van der Waals surface area contributed by atoms with Crippen LogP contribution in [0.25, 0.3) is 0 Å². The number of ether oxygens (including phenoxy) is 1. The first-order valence-corrected chi connectivity index (χ1v) is 14.5. The Labute approximate surface area is 190 Å². The molecule has 2 amide bonds. The quantitative estimate of drug-likeness (QED) is 0.505. The smallest absolute Gasteiger partial charge is 0.264 e. The van der Waals surface area contributed by atoms with Crippen LogP contribution in [-0.4, -0.2) is 66.8 Å². The van der Waals surface area contributed by atoms with E-state index >= 15 is 0 Å². The molecule has 8 heteroatoms. The van der Waals surface area contributed by atoms with Gasteiger partial charge in [0.2, 0.25) is 5.91 Å². The topological polar surface area (TPSA) is 90.3 Å². The maximum Gasteiger partial charge on any atom is 0.264 e. The summed E-state index contributed by atoms with van der Waals surface area (Å²) in [5.74, 6) is -0.526. The van der Waals surface area contributed by atoms with Crippen molar-refractivity contribution >= 4 is 25.8 Å². The highest BCUT2D eigenvalue weighted by molar-refractivity contribution is 6.71. The molecule has 0 unspecified atom stereocenters. The minimum atomic E-state index is -2.80. The van der Waals surface area contributed by atoms with Crippen molar-refractivity contribution in [2.24, 2.45) is 5.92 Å². The predicted octanol–water partition coefficient (Wildman–Crippen LogP) is 2.39. The van der Waals surface area contributed by atoms with Gasteiger partial charge in [0, 0.05) is 30.1 Å². The summed E-state index contributed by atoms with van der Waals surface area (Å²) in [5, 5.41) is 9.64. The van der Waals surface area contributed by atoms with Crippen LogP contribution in [0.5, 0.6) is 0 Å². The molecule has 174 valence electrons. The summed E-state index contributed by atoms with van der Waals surface area (Å²) < 4.78 is 6.61. The van der Waals surface area contributed by atoms with Gasteiger partial charge in [0.15, 0.2) is 13.9 Å². The second-order valence-corrected chi connectivity index (χ2v) is 13.8. The number of anilines is 1. The molecule has 0 radical (unpaired) electrons. The Morgan fingerprint density at radius 1 is 1.38 bits per heavy atom. The normalized spacial score (nSPS) is 32.1. The number of carbonyl (C=O) groups is 2. The summed E-state index contributed by atoms with van der Waals surface area (Å²) in [6.45, 7) is 10.4. The van der Waals surface area contributed by atoms with Crippen LogP contribution in [0, 0.1) is 5.92 Å². The summed E-state index contributed by atoms with van der Waals surface area (Å²) in [5.41, 5.74) is 0.0883. The van der Waals surface area contributed by atoms with Crippen molar-refractivity contribution in [1.82, 2.24) is 4.90 Å². The van der Waals surface area contributed by atoms with E-state index in [2.05, 4.69) is 6.58 Å². The van der Waals surface area contributed by atoms with E-state index in [1.165, 1.54) is 0 Å². The Hall–Kier alpha value is -2.00. The van der Waals surface area contributed by atoms with Crippen LogP contribution in [-0.2, 0) is 19.9 Å². The minimum Gasteiger partial charge on any atom is -0.432 e. The number of aliphatic hydroxyl groups is 1. The molecule has 32 heavy (non-hydrogen) atoms. The molecule has 2 N–H and O–H groups in total. The molecular weight excluding hydrogens is 424 g/mol. The fourth-order valence-electron chi connectivity index (χ4n) is 6.19. The van der Waals surface area contributed by atoms with E-state index < -0.39 is 20.0 Å². The van der Waals surface area contributed by atoms with E-state index in [-0.39, 0.29) is 42.3 Å². The Balaban J connectivity index is 1.72. The molecule has 3 heterocycles. The van der Waals surface area contributed by atoms with Gasteiger partial charge in [-0.05, 0) is 32.0 Å². The predicted molar refractivity (Wildman–Crippen MR) is 125 cm³/mol. The highest BCUT2D eigenvalue weighted by atomic mass is 28.4. The first kappa shape index (κ1) is 23.2. The molecule has 7 nitrogen and oxygen atoms in total. The van der Waals surface area contributed by atoms with Gasteiger partial charge in [-0.15, -0.1) is 6.58 Å². The summed E-state index contributed by atoms with van der Waals surface area (Å²) in [6.07, 6.45) is 2.89. The van der Waals surface area contributed by atoms with Crippen LogP contribution in [0.2, 0.25) is 18.6 Å². The number of benzene rings is 1. The standard InChI is InChI=1S/C24H34N2O5Si/c1-5-12-26-19-11-7-6-10-18(19)24(23(26)29)16(2)22(32(3,4)30)20(31-24)14-21(28)25-13-8-9-17(25)15-27/h5-7,10-11,16-17,20,22,27,30H,1,8-9,12-15H2,2-4H3/t16-,17+,20+,22-,24+/m1/s1. The first-order chi connectivity index (χ1) is 15.2. The molecule has 0 bridgehead atoms. The molecule has 0 aromatic heterocycles. The van der Waals surface area contributed by atoms with Crippen LogP contribution in [0.15, 0.2) is 36.9 Å². The van der Waals surface area contributed by atoms with E-state index in [0.717, 1.165) is 24.1 Å². The number of amides is 2. The average molecular weight is 459 g/mol. The lowest BCUT2D eigenvalue weighted by atomic mass is 9.82. The van der Waals surface area contributed by atoms with Gasteiger partial charge >= 0.3 is 0 Å².